The molecular formula is C29H39F5O9S. The average molecular weight is 659 g/mol. The van der Waals surface area contributed by atoms with Crippen LogP contribution in [0, 0.1) is 46.3 Å². The summed E-state index contributed by atoms with van der Waals surface area (Å²) < 4.78 is 108. The van der Waals surface area contributed by atoms with Gasteiger partial charge >= 0.3 is 33.5 Å². The average Bonchev–Trinajstić information content (AvgIpc) is 3.23. The smallest absolute Gasteiger partial charge is 0.432 e. The van der Waals surface area contributed by atoms with Crippen LogP contribution < -0.4 is 0 Å². The molecule has 0 aliphatic heterocycles. The molecule has 0 saturated heterocycles. The van der Waals surface area contributed by atoms with Crippen molar-refractivity contribution in [1.82, 2.24) is 0 Å². The number of hydrogen-bond acceptors (Lipinski definition) is 8. The van der Waals surface area contributed by atoms with Crippen molar-refractivity contribution in [2.45, 2.75) is 109 Å². The van der Waals surface area contributed by atoms with Crippen molar-refractivity contribution >= 4 is 33.6 Å². The van der Waals surface area contributed by atoms with Crippen molar-refractivity contribution < 1.29 is 63.6 Å². The van der Waals surface area contributed by atoms with E-state index in [1.165, 1.54) is 6.92 Å². The van der Waals surface area contributed by atoms with Gasteiger partial charge in [-0.25, -0.2) is 0 Å². The summed E-state index contributed by atoms with van der Waals surface area (Å²) in [5.74, 6) is -3.47. The first kappa shape index (κ1) is 34.7. The number of alkyl halides is 5. The van der Waals surface area contributed by atoms with Gasteiger partial charge in [-0.1, -0.05) is 20.8 Å². The number of ketones is 2. The Hall–Kier alpha value is -2.16. The highest BCUT2D eigenvalue weighted by Gasteiger charge is 2.68. The summed E-state index contributed by atoms with van der Waals surface area (Å²) in [5.41, 5.74) is -1.04. The minimum atomic E-state index is -6.56. The fourth-order valence-corrected chi connectivity index (χ4v) is 9.66. The molecule has 0 radical (unpaired) electrons. The molecule has 4 aliphatic rings. The molecule has 0 aromatic heterocycles. The van der Waals surface area contributed by atoms with E-state index in [0.29, 0.717) is 38.5 Å². The Morgan fingerprint density at radius 1 is 1.07 bits per heavy atom. The first-order chi connectivity index (χ1) is 20.0. The number of fused-ring (bicyclic) bond motifs is 5. The van der Waals surface area contributed by atoms with Crippen molar-refractivity contribution in [2.24, 2.45) is 46.3 Å². The third-order valence-corrected chi connectivity index (χ3v) is 12.3. The summed E-state index contributed by atoms with van der Waals surface area (Å²) >= 11 is 0. The van der Waals surface area contributed by atoms with Crippen LogP contribution in [0.1, 0.15) is 85.5 Å². The first-order valence-corrected chi connectivity index (χ1v) is 16.3. The van der Waals surface area contributed by atoms with Crippen molar-refractivity contribution in [3.05, 3.63) is 0 Å². The Kier molecular flexibility index (Phi) is 9.13. The van der Waals surface area contributed by atoms with Crippen LogP contribution in [0.2, 0.25) is 0 Å². The second kappa shape index (κ2) is 11.6. The van der Waals surface area contributed by atoms with E-state index in [1.54, 1.807) is 6.92 Å². The molecule has 1 N–H and O–H groups in total. The lowest BCUT2D eigenvalue weighted by molar-refractivity contribution is -0.259. The van der Waals surface area contributed by atoms with Crippen LogP contribution in [-0.2, 0) is 38.8 Å². The number of rotatable bonds is 8. The molecule has 4 saturated carbocycles. The fourth-order valence-electron chi connectivity index (χ4n) is 9.21. The highest BCUT2D eigenvalue weighted by Crippen LogP contribution is 2.68. The molecule has 4 aliphatic carbocycles. The molecule has 0 aromatic rings. The minimum Gasteiger partial charge on any atom is -0.462 e. The number of esters is 2. The molecule has 0 spiro atoms. The largest absolute Gasteiger partial charge is 0.462 e. The molecule has 0 heterocycles. The fraction of sp³-hybridized carbons (Fsp3) is 0.862. The van der Waals surface area contributed by atoms with Crippen molar-refractivity contribution in [3.63, 3.8) is 0 Å². The summed E-state index contributed by atoms with van der Waals surface area (Å²) in [4.78, 5) is 50.5. The van der Waals surface area contributed by atoms with E-state index < -0.39 is 63.4 Å². The van der Waals surface area contributed by atoms with Gasteiger partial charge in [-0.05, 0) is 67.1 Å². The molecule has 10 unspecified atom stereocenters. The van der Waals surface area contributed by atoms with Gasteiger partial charge in [0.2, 0.25) is 0 Å². The molecule has 44 heavy (non-hydrogen) atoms. The Morgan fingerprint density at radius 2 is 1.70 bits per heavy atom. The van der Waals surface area contributed by atoms with Crippen molar-refractivity contribution in [2.75, 3.05) is 0 Å². The van der Waals surface area contributed by atoms with Crippen molar-refractivity contribution in [3.8, 4) is 0 Å². The Bertz CT molecular complexity index is 1300. The maximum Gasteiger partial charge on any atom is 0.432 e. The zero-order chi connectivity index (χ0) is 33.2. The zero-order valence-electron chi connectivity index (χ0n) is 25.0. The van der Waals surface area contributed by atoms with Crippen LogP contribution in [0.15, 0.2) is 0 Å². The van der Waals surface area contributed by atoms with Gasteiger partial charge in [-0.3, -0.25) is 23.7 Å². The summed E-state index contributed by atoms with van der Waals surface area (Å²) in [7, 11) is -6.56. The predicted octanol–water partition coefficient (Wildman–Crippen LogP) is 5.31. The van der Waals surface area contributed by atoms with E-state index in [9.17, 15) is 49.5 Å². The van der Waals surface area contributed by atoms with Gasteiger partial charge in [0.1, 0.15) is 17.7 Å². The van der Waals surface area contributed by atoms with Crippen LogP contribution in [-0.4, -0.2) is 60.1 Å². The van der Waals surface area contributed by atoms with E-state index in [2.05, 4.69) is 11.7 Å². The normalized spacial score (nSPS) is 37.3. The maximum atomic E-state index is 13.9. The highest BCUT2D eigenvalue weighted by molar-refractivity contribution is 7.86. The van der Waals surface area contributed by atoms with Crippen LogP contribution in [0.5, 0.6) is 0 Å². The summed E-state index contributed by atoms with van der Waals surface area (Å²) in [6.07, 6.45) is -8.66. The second-order valence-corrected chi connectivity index (χ2v) is 15.2. The molecular weight excluding hydrogens is 619 g/mol. The van der Waals surface area contributed by atoms with E-state index in [-0.39, 0.29) is 59.4 Å². The van der Waals surface area contributed by atoms with Crippen LogP contribution in [0.3, 0.4) is 0 Å². The lowest BCUT2D eigenvalue weighted by Gasteiger charge is -2.61. The van der Waals surface area contributed by atoms with Gasteiger partial charge in [0.05, 0.1) is 0 Å². The maximum absolute atomic E-state index is 13.9. The summed E-state index contributed by atoms with van der Waals surface area (Å²) in [6.45, 7) is 7.04. The van der Waals surface area contributed by atoms with E-state index in [0.717, 1.165) is 0 Å². The first-order valence-electron chi connectivity index (χ1n) is 14.9. The third kappa shape index (κ3) is 5.91. The molecule has 250 valence electrons. The predicted molar refractivity (Wildman–Crippen MR) is 142 cm³/mol. The minimum absolute atomic E-state index is 0.0690. The van der Waals surface area contributed by atoms with Crippen LogP contribution in [0.25, 0.3) is 0 Å². The van der Waals surface area contributed by atoms with Gasteiger partial charge in [-0.2, -0.15) is 30.4 Å². The van der Waals surface area contributed by atoms with Gasteiger partial charge in [0.25, 0.3) is 6.10 Å². The summed E-state index contributed by atoms with van der Waals surface area (Å²) in [6, 6.07) is 0. The van der Waals surface area contributed by atoms with Crippen LogP contribution >= 0.6 is 0 Å². The molecule has 0 bridgehead atoms. The Balaban J connectivity index is 1.55. The van der Waals surface area contributed by atoms with Gasteiger partial charge in [-0.15, -0.1) is 0 Å². The molecule has 9 nitrogen and oxygen atoms in total. The quantitative estimate of drug-likeness (QED) is 0.209. The van der Waals surface area contributed by atoms with Crippen molar-refractivity contribution in [1.29, 1.82) is 0 Å². The topological polar surface area (TPSA) is 141 Å². The number of Topliss-reactive ketones (excluding diaryl/α,β-unsaturated/α-hetero) is 2. The molecule has 15 heteroatoms. The molecule has 0 amide bonds. The second-order valence-electron chi connectivity index (χ2n) is 13.7. The van der Waals surface area contributed by atoms with Gasteiger partial charge in [0.15, 0.2) is 0 Å². The van der Waals surface area contributed by atoms with E-state index in [1.807, 2.05) is 6.92 Å². The summed E-state index contributed by atoms with van der Waals surface area (Å²) in [5, 5.41) is -5.82. The lowest BCUT2D eigenvalue weighted by Crippen LogP contribution is -2.61. The standard InChI is InChI=1S/C29H39F5O9S/c1-14(5-8-23(38)43-25(28(30,31)32)29(33,34)44(39,40)41)18-6-7-19-24-20(13-22(27(18,19)4)42-15(2)35)26(3)10-9-17(36)11-16(26)12-21(24)37/h14,16,18-20,22,24-25H,5-13H2,1-4H3,(H,39,40,41). The monoisotopic (exact) mass is 658 g/mol. The number of ether oxygens (including phenoxy) is 2. The molecule has 10 atom stereocenters. The number of halogens is 5. The van der Waals surface area contributed by atoms with E-state index in [4.69, 9.17) is 9.29 Å². The van der Waals surface area contributed by atoms with Gasteiger partial charge < -0.3 is 9.47 Å². The third-order valence-electron chi connectivity index (χ3n) is 11.4. The Morgan fingerprint density at radius 3 is 2.27 bits per heavy atom. The number of carbonyl (C=O) groups excluding carboxylic acids is 4. The zero-order valence-corrected chi connectivity index (χ0v) is 25.8. The molecule has 0 aromatic carbocycles. The molecule has 4 fully saturated rings. The Labute approximate surface area is 252 Å². The van der Waals surface area contributed by atoms with E-state index >= 15 is 0 Å². The highest BCUT2D eigenvalue weighted by atomic mass is 32.2. The van der Waals surface area contributed by atoms with Gasteiger partial charge in [0, 0.05) is 43.9 Å². The SMILES string of the molecule is CC(=O)OC1CC2C(C(=O)CC3CC(=O)CCC32C)C2CCC(C(C)CCC(=O)OC(C(F)(F)F)C(F)(F)S(=O)(=O)O)C12C. The van der Waals surface area contributed by atoms with Crippen LogP contribution in [0.4, 0.5) is 22.0 Å². The number of carbonyl (C=O) groups is 4. The number of hydrogen-bond donors (Lipinski definition) is 1. The lowest BCUT2D eigenvalue weighted by atomic mass is 9.43. The molecule has 4 rings (SSSR count).